The molecule has 1 aliphatic rings. The van der Waals surface area contributed by atoms with Gasteiger partial charge in [-0.3, -0.25) is 4.79 Å². The minimum atomic E-state index is -0.189. The molecular formula is C15H22N2O. The van der Waals surface area contributed by atoms with E-state index in [1.54, 1.807) is 0 Å². The van der Waals surface area contributed by atoms with Gasteiger partial charge in [0.1, 0.15) is 6.04 Å². The summed E-state index contributed by atoms with van der Waals surface area (Å²) in [5.41, 5.74) is 2.31. The van der Waals surface area contributed by atoms with Crippen molar-refractivity contribution in [1.29, 1.82) is 0 Å². The molecule has 3 nitrogen and oxygen atoms in total. The van der Waals surface area contributed by atoms with E-state index in [1.165, 1.54) is 5.56 Å². The lowest BCUT2D eigenvalue weighted by molar-refractivity contribution is -0.121. The van der Waals surface area contributed by atoms with Crippen LogP contribution in [0.15, 0.2) is 24.3 Å². The monoisotopic (exact) mass is 246 g/mol. The van der Waals surface area contributed by atoms with Crippen LogP contribution in [-0.4, -0.2) is 18.0 Å². The number of carbonyl (C=O) groups is 1. The summed E-state index contributed by atoms with van der Waals surface area (Å²) in [4.78, 5) is 11.9. The first-order chi connectivity index (χ1) is 8.58. The first-order valence-electron chi connectivity index (χ1n) is 6.73. The van der Waals surface area contributed by atoms with Crippen LogP contribution in [0.4, 0.5) is 5.69 Å². The molecule has 1 fully saturated rings. The van der Waals surface area contributed by atoms with Crippen molar-refractivity contribution in [3.8, 4) is 0 Å². The number of benzene rings is 1. The van der Waals surface area contributed by atoms with Crippen molar-refractivity contribution in [3.05, 3.63) is 29.8 Å². The molecule has 0 bridgehead atoms. The Labute approximate surface area is 109 Å². The normalized spacial score (nSPS) is 16.4. The van der Waals surface area contributed by atoms with E-state index in [4.69, 9.17) is 0 Å². The van der Waals surface area contributed by atoms with Gasteiger partial charge in [-0.25, -0.2) is 0 Å². The summed E-state index contributed by atoms with van der Waals surface area (Å²) >= 11 is 0. The first-order valence-corrected chi connectivity index (χ1v) is 6.73. The van der Waals surface area contributed by atoms with Gasteiger partial charge in [-0.05, 0) is 37.3 Å². The summed E-state index contributed by atoms with van der Waals surface area (Å²) in [5.74, 6) is 0.545. The van der Waals surface area contributed by atoms with E-state index in [9.17, 15) is 4.79 Å². The van der Waals surface area contributed by atoms with Gasteiger partial charge in [0.15, 0.2) is 0 Å². The van der Waals surface area contributed by atoms with Crippen LogP contribution in [0.5, 0.6) is 0 Å². The fraction of sp³-hybridized carbons (Fsp3) is 0.533. The molecule has 0 heterocycles. The average molecular weight is 246 g/mol. The predicted molar refractivity (Wildman–Crippen MR) is 74.8 cm³/mol. The van der Waals surface area contributed by atoms with Gasteiger partial charge in [0.05, 0.1) is 0 Å². The van der Waals surface area contributed by atoms with Crippen LogP contribution in [0.1, 0.15) is 45.1 Å². The summed E-state index contributed by atoms with van der Waals surface area (Å²) in [6, 6.07) is 8.41. The highest BCUT2D eigenvalue weighted by Crippen LogP contribution is 2.24. The van der Waals surface area contributed by atoms with E-state index < -0.39 is 0 Å². The average Bonchev–Trinajstić information content (AvgIpc) is 3.13. The van der Waals surface area contributed by atoms with Gasteiger partial charge < -0.3 is 10.6 Å². The summed E-state index contributed by atoms with van der Waals surface area (Å²) < 4.78 is 0. The third-order valence-electron chi connectivity index (χ3n) is 3.27. The molecule has 2 rings (SSSR count). The Hall–Kier alpha value is -1.51. The maximum atomic E-state index is 11.9. The number of amides is 1. The number of nitrogens with one attached hydrogen (secondary N) is 2. The van der Waals surface area contributed by atoms with Crippen LogP contribution >= 0.6 is 0 Å². The molecule has 1 aliphatic carbocycles. The Balaban J connectivity index is 2.01. The standard InChI is InChI=1S/C15H22N2O/c1-10(2)13-6-4-5-7-14(13)16-11(3)15(18)17-12-8-9-12/h4-7,10-12,16H,8-9H2,1-3H3,(H,17,18). The Morgan fingerprint density at radius 1 is 1.22 bits per heavy atom. The van der Waals surface area contributed by atoms with Crippen molar-refractivity contribution in [2.75, 3.05) is 5.32 Å². The minimum Gasteiger partial charge on any atom is -0.374 e. The smallest absolute Gasteiger partial charge is 0.242 e. The quantitative estimate of drug-likeness (QED) is 0.838. The van der Waals surface area contributed by atoms with Gasteiger partial charge in [-0.1, -0.05) is 32.0 Å². The second-order valence-electron chi connectivity index (χ2n) is 5.39. The highest BCUT2D eigenvalue weighted by atomic mass is 16.2. The molecule has 1 atom stereocenters. The van der Waals surface area contributed by atoms with E-state index >= 15 is 0 Å². The number of hydrogen-bond acceptors (Lipinski definition) is 2. The van der Waals surface area contributed by atoms with Crippen molar-refractivity contribution >= 4 is 11.6 Å². The highest BCUT2D eigenvalue weighted by Gasteiger charge is 2.25. The zero-order valence-corrected chi connectivity index (χ0v) is 11.4. The van der Waals surface area contributed by atoms with E-state index in [-0.39, 0.29) is 11.9 Å². The summed E-state index contributed by atoms with van der Waals surface area (Å²) in [7, 11) is 0. The molecule has 3 heteroatoms. The molecule has 0 saturated heterocycles. The molecule has 18 heavy (non-hydrogen) atoms. The third-order valence-corrected chi connectivity index (χ3v) is 3.27. The molecule has 0 radical (unpaired) electrons. The number of rotatable bonds is 5. The largest absolute Gasteiger partial charge is 0.374 e. The highest BCUT2D eigenvalue weighted by molar-refractivity contribution is 5.84. The second-order valence-corrected chi connectivity index (χ2v) is 5.39. The molecule has 1 saturated carbocycles. The number of hydrogen-bond donors (Lipinski definition) is 2. The van der Waals surface area contributed by atoms with Crippen LogP contribution in [-0.2, 0) is 4.79 Å². The molecule has 1 unspecified atom stereocenters. The van der Waals surface area contributed by atoms with Crippen LogP contribution in [0.3, 0.4) is 0 Å². The maximum Gasteiger partial charge on any atom is 0.242 e. The van der Waals surface area contributed by atoms with Crippen LogP contribution in [0.25, 0.3) is 0 Å². The Kier molecular flexibility index (Phi) is 3.90. The van der Waals surface area contributed by atoms with Crippen LogP contribution in [0.2, 0.25) is 0 Å². The molecule has 0 aliphatic heterocycles. The Morgan fingerprint density at radius 2 is 1.89 bits per heavy atom. The van der Waals surface area contributed by atoms with Gasteiger partial charge >= 0.3 is 0 Å². The molecule has 0 aromatic heterocycles. The molecule has 1 aromatic carbocycles. The summed E-state index contributed by atoms with van der Waals surface area (Å²) in [6.45, 7) is 6.24. The van der Waals surface area contributed by atoms with E-state index in [0.29, 0.717) is 12.0 Å². The van der Waals surface area contributed by atoms with Crippen molar-refractivity contribution in [2.45, 2.75) is 51.6 Å². The Morgan fingerprint density at radius 3 is 2.50 bits per heavy atom. The zero-order valence-electron chi connectivity index (χ0n) is 11.4. The Bertz CT molecular complexity index is 424. The van der Waals surface area contributed by atoms with E-state index in [1.807, 2.05) is 25.1 Å². The SMILES string of the molecule is CC(Nc1ccccc1C(C)C)C(=O)NC1CC1. The van der Waals surface area contributed by atoms with Crippen molar-refractivity contribution in [2.24, 2.45) is 0 Å². The van der Waals surface area contributed by atoms with Gasteiger partial charge in [0.25, 0.3) is 0 Å². The third kappa shape index (κ3) is 3.25. The molecule has 2 N–H and O–H groups in total. The molecular weight excluding hydrogens is 224 g/mol. The molecule has 98 valence electrons. The van der Waals surface area contributed by atoms with Crippen molar-refractivity contribution in [1.82, 2.24) is 5.32 Å². The fourth-order valence-electron chi connectivity index (χ4n) is 1.98. The summed E-state index contributed by atoms with van der Waals surface area (Å²) in [5, 5.41) is 6.33. The maximum absolute atomic E-state index is 11.9. The second kappa shape index (κ2) is 5.42. The van der Waals surface area contributed by atoms with Gasteiger partial charge in [-0.15, -0.1) is 0 Å². The van der Waals surface area contributed by atoms with Crippen LogP contribution in [0, 0.1) is 0 Å². The number of para-hydroxylation sites is 1. The van der Waals surface area contributed by atoms with E-state index in [0.717, 1.165) is 18.5 Å². The number of carbonyl (C=O) groups excluding carboxylic acids is 1. The predicted octanol–water partition coefficient (Wildman–Crippen LogP) is 2.89. The lowest BCUT2D eigenvalue weighted by Crippen LogP contribution is -2.38. The van der Waals surface area contributed by atoms with Gasteiger partial charge in [-0.2, -0.15) is 0 Å². The van der Waals surface area contributed by atoms with Crippen molar-refractivity contribution < 1.29 is 4.79 Å². The van der Waals surface area contributed by atoms with Crippen molar-refractivity contribution in [3.63, 3.8) is 0 Å². The lowest BCUT2D eigenvalue weighted by Gasteiger charge is -2.19. The van der Waals surface area contributed by atoms with Gasteiger partial charge in [0.2, 0.25) is 5.91 Å². The van der Waals surface area contributed by atoms with Gasteiger partial charge in [0, 0.05) is 11.7 Å². The number of anilines is 1. The molecule has 1 amide bonds. The first kappa shape index (κ1) is 12.9. The lowest BCUT2D eigenvalue weighted by atomic mass is 10.0. The molecule has 1 aromatic rings. The van der Waals surface area contributed by atoms with E-state index in [2.05, 4.69) is 30.5 Å². The summed E-state index contributed by atoms with van der Waals surface area (Å²) in [6.07, 6.45) is 2.25. The zero-order chi connectivity index (χ0) is 13.1. The topological polar surface area (TPSA) is 41.1 Å². The molecule has 0 spiro atoms. The fourth-order valence-corrected chi connectivity index (χ4v) is 1.98. The van der Waals surface area contributed by atoms with Crippen LogP contribution < -0.4 is 10.6 Å². The minimum absolute atomic E-state index is 0.0936.